The molecule has 0 radical (unpaired) electrons. The molecule has 7 nitrogen and oxygen atoms in total. The molecule has 0 bridgehead atoms. The molecule has 0 fully saturated rings. The lowest BCUT2D eigenvalue weighted by atomic mass is 10.1. The summed E-state index contributed by atoms with van der Waals surface area (Å²) >= 11 is 0. The van der Waals surface area contributed by atoms with Crippen LogP contribution in [0.2, 0.25) is 0 Å². The molecule has 20 heavy (non-hydrogen) atoms. The van der Waals surface area contributed by atoms with Crippen LogP contribution >= 0.6 is 12.4 Å². The van der Waals surface area contributed by atoms with Gasteiger partial charge in [0.1, 0.15) is 6.33 Å². The van der Waals surface area contributed by atoms with Crippen molar-refractivity contribution in [3.05, 3.63) is 36.2 Å². The molecular formula is C12H17ClN6O. The van der Waals surface area contributed by atoms with E-state index < -0.39 is 5.54 Å². The average Bonchev–Trinajstić information content (AvgIpc) is 2.92. The third-order valence-corrected chi connectivity index (χ3v) is 2.71. The fourth-order valence-corrected chi connectivity index (χ4v) is 1.48. The zero-order valence-electron chi connectivity index (χ0n) is 11.3. The molecule has 0 saturated heterocycles. The van der Waals surface area contributed by atoms with Crippen LogP contribution < -0.4 is 11.1 Å². The van der Waals surface area contributed by atoms with E-state index in [1.807, 2.05) is 13.8 Å². The molecule has 0 spiro atoms. The summed E-state index contributed by atoms with van der Waals surface area (Å²) in [6, 6.07) is 7.00. The van der Waals surface area contributed by atoms with Gasteiger partial charge in [0.25, 0.3) is 5.91 Å². The van der Waals surface area contributed by atoms with Gasteiger partial charge in [-0.15, -0.1) is 17.5 Å². The summed E-state index contributed by atoms with van der Waals surface area (Å²) in [5.74, 6) is -0.154. The zero-order chi connectivity index (χ0) is 13.9. The molecule has 2 rings (SSSR count). The third-order valence-electron chi connectivity index (χ3n) is 2.71. The summed E-state index contributed by atoms with van der Waals surface area (Å²) in [5.41, 5.74) is 6.51. The Morgan fingerprint density at radius 2 is 2.00 bits per heavy atom. The van der Waals surface area contributed by atoms with Crippen LogP contribution in [0.25, 0.3) is 5.69 Å². The van der Waals surface area contributed by atoms with E-state index in [-0.39, 0.29) is 18.3 Å². The Kier molecular flexibility index (Phi) is 5.18. The number of nitrogens with two attached hydrogens (primary N) is 1. The van der Waals surface area contributed by atoms with Crippen molar-refractivity contribution in [2.45, 2.75) is 19.4 Å². The number of benzene rings is 1. The summed E-state index contributed by atoms with van der Waals surface area (Å²) < 4.78 is 1.52. The summed E-state index contributed by atoms with van der Waals surface area (Å²) in [6.45, 7) is 4.13. The number of rotatable bonds is 4. The monoisotopic (exact) mass is 296 g/mol. The smallest absolute Gasteiger partial charge is 0.251 e. The summed E-state index contributed by atoms with van der Waals surface area (Å²) in [6.07, 6.45) is 1.49. The van der Waals surface area contributed by atoms with Gasteiger partial charge in [-0.2, -0.15) is 0 Å². The highest BCUT2D eigenvalue weighted by Gasteiger charge is 2.19. The fourth-order valence-electron chi connectivity index (χ4n) is 1.48. The van der Waals surface area contributed by atoms with Gasteiger partial charge in [0.05, 0.1) is 5.69 Å². The second-order valence-corrected chi connectivity index (χ2v) is 4.84. The number of hydrogen-bond acceptors (Lipinski definition) is 5. The van der Waals surface area contributed by atoms with Crippen LogP contribution in [0.1, 0.15) is 24.2 Å². The fraction of sp³-hybridized carbons (Fsp3) is 0.333. The highest BCUT2D eigenvalue weighted by Crippen LogP contribution is 2.09. The number of hydrogen-bond donors (Lipinski definition) is 2. The maximum atomic E-state index is 12.0. The van der Waals surface area contributed by atoms with Crippen molar-refractivity contribution in [2.75, 3.05) is 6.54 Å². The molecule has 0 aliphatic heterocycles. The van der Waals surface area contributed by atoms with Crippen molar-refractivity contribution in [1.82, 2.24) is 25.5 Å². The zero-order valence-corrected chi connectivity index (χ0v) is 12.1. The molecule has 0 atom stereocenters. The van der Waals surface area contributed by atoms with Gasteiger partial charge in [0.2, 0.25) is 0 Å². The summed E-state index contributed by atoms with van der Waals surface area (Å²) in [4.78, 5) is 12.0. The topological polar surface area (TPSA) is 98.7 Å². The van der Waals surface area contributed by atoms with E-state index in [1.54, 1.807) is 24.3 Å². The highest BCUT2D eigenvalue weighted by molar-refractivity contribution is 5.94. The quantitative estimate of drug-likeness (QED) is 0.858. The van der Waals surface area contributed by atoms with Gasteiger partial charge in [-0.1, -0.05) is 0 Å². The van der Waals surface area contributed by atoms with E-state index >= 15 is 0 Å². The number of nitrogens with one attached hydrogen (secondary N) is 1. The van der Waals surface area contributed by atoms with Crippen LogP contribution in [0, 0.1) is 0 Å². The van der Waals surface area contributed by atoms with Crippen molar-refractivity contribution in [1.29, 1.82) is 0 Å². The minimum absolute atomic E-state index is 0. The number of carbonyl (C=O) groups is 1. The Morgan fingerprint density at radius 3 is 2.50 bits per heavy atom. The molecule has 0 saturated carbocycles. The van der Waals surface area contributed by atoms with Crippen LogP contribution in [0.4, 0.5) is 0 Å². The summed E-state index contributed by atoms with van der Waals surface area (Å²) in [7, 11) is 0. The van der Waals surface area contributed by atoms with Gasteiger partial charge >= 0.3 is 0 Å². The first kappa shape index (κ1) is 16.1. The molecular weight excluding hydrogens is 280 g/mol. The predicted octanol–water partition coefficient (Wildman–Crippen LogP) is 0.551. The number of halogens is 1. The van der Waals surface area contributed by atoms with Gasteiger partial charge in [-0.3, -0.25) is 4.79 Å². The van der Waals surface area contributed by atoms with Crippen LogP contribution in [-0.4, -0.2) is 38.2 Å². The van der Waals surface area contributed by atoms with Crippen LogP contribution in [-0.2, 0) is 0 Å². The van der Waals surface area contributed by atoms with Crippen molar-refractivity contribution in [3.8, 4) is 5.69 Å². The second kappa shape index (κ2) is 6.44. The van der Waals surface area contributed by atoms with Gasteiger partial charge in [-0.05, 0) is 48.5 Å². The highest BCUT2D eigenvalue weighted by atomic mass is 35.5. The lowest BCUT2D eigenvalue weighted by molar-refractivity contribution is 0.0915. The first-order chi connectivity index (χ1) is 9.02. The Labute approximate surface area is 123 Å². The molecule has 0 unspecified atom stereocenters. The van der Waals surface area contributed by atoms with Gasteiger partial charge in [0.15, 0.2) is 0 Å². The lowest BCUT2D eigenvalue weighted by Gasteiger charge is -2.24. The molecule has 1 aromatic carbocycles. The molecule has 1 aromatic heterocycles. The Morgan fingerprint density at radius 1 is 1.35 bits per heavy atom. The number of carbonyl (C=O) groups excluding carboxylic acids is 1. The first-order valence-electron chi connectivity index (χ1n) is 5.88. The molecule has 0 aliphatic carbocycles. The molecule has 0 aliphatic rings. The molecule has 108 valence electrons. The maximum Gasteiger partial charge on any atom is 0.251 e. The Hall–Kier alpha value is -1.99. The normalized spacial score (nSPS) is 10.8. The largest absolute Gasteiger partial charge is 0.346 e. The van der Waals surface area contributed by atoms with Gasteiger partial charge in [-0.25, -0.2) is 4.68 Å². The van der Waals surface area contributed by atoms with E-state index in [0.717, 1.165) is 5.69 Å². The van der Waals surface area contributed by atoms with Crippen LogP contribution in [0.3, 0.4) is 0 Å². The molecule has 2 aromatic rings. The number of aromatic nitrogens is 4. The Balaban J connectivity index is 0.00000200. The van der Waals surface area contributed by atoms with E-state index in [9.17, 15) is 4.79 Å². The van der Waals surface area contributed by atoms with Crippen molar-refractivity contribution < 1.29 is 4.79 Å². The van der Waals surface area contributed by atoms with E-state index in [0.29, 0.717) is 12.1 Å². The van der Waals surface area contributed by atoms with Crippen molar-refractivity contribution in [3.63, 3.8) is 0 Å². The standard InChI is InChI=1S/C12H16N6O.ClH/c1-12(2,7-13)15-11(19)9-3-5-10(6-4-9)18-8-14-16-17-18;/h3-6,8H,7,13H2,1-2H3,(H,15,19);1H. The minimum Gasteiger partial charge on any atom is -0.346 e. The lowest BCUT2D eigenvalue weighted by Crippen LogP contribution is -2.48. The van der Waals surface area contributed by atoms with E-state index in [2.05, 4.69) is 20.8 Å². The first-order valence-corrected chi connectivity index (χ1v) is 5.88. The van der Waals surface area contributed by atoms with Crippen LogP contribution in [0.5, 0.6) is 0 Å². The molecule has 3 N–H and O–H groups in total. The predicted molar refractivity (Wildman–Crippen MR) is 77.0 cm³/mol. The van der Waals surface area contributed by atoms with Crippen LogP contribution in [0.15, 0.2) is 30.6 Å². The van der Waals surface area contributed by atoms with Gasteiger partial charge in [0, 0.05) is 17.6 Å². The number of amides is 1. The SMILES string of the molecule is CC(C)(CN)NC(=O)c1ccc(-n2cnnn2)cc1.Cl. The number of nitrogens with zero attached hydrogens (tertiary/aromatic N) is 4. The average molecular weight is 297 g/mol. The van der Waals surface area contributed by atoms with Crippen molar-refractivity contribution in [2.24, 2.45) is 5.73 Å². The molecule has 1 heterocycles. The van der Waals surface area contributed by atoms with E-state index in [1.165, 1.54) is 11.0 Å². The molecule has 1 amide bonds. The minimum atomic E-state index is -0.425. The number of tetrazole rings is 1. The summed E-state index contributed by atoms with van der Waals surface area (Å²) in [5, 5.41) is 13.7. The maximum absolute atomic E-state index is 12.0. The van der Waals surface area contributed by atoms with Gasteiger partial charge < -0.3 is 11.1 Å². The second-order valence-electron chi connectivity index (χ2n) is 4.84. The third kappa shape index (κ3) is 3.75. The molecule has 8 heteroatoms. The van der Waals surface area contributed by atoms with Crippen molar-refractivity contribution >= 4 is 18.3 Å². The Bertz CT molecular complexity index is 552. The van der Waals surface area contributed by atoms with E-state index in [4.69, 9.17) is 5.73 Å².